The third kappa shape index (κ3) is 6.16. The highest BCUT2D eigenvalue weighted by molar-refractivity contribution is 7.80. The summed E-state index contributed by atoms with van der Waals surface area (Å²) in [6, 6.07) is 11.8. The topological polar surface area (TPSA) is 96.3 Å². The summed E-state index contributed by atoms with van der Waals surface area (Å²) in [5.74, 6) is 0.823. The zero-order valence-electron chi connectivity index (χ0n) is 16.6. The summed E-state index contributed by atoms with van der Waals surface area (Å²) in [5, 5.41) is 10.7. The Hall–Kier alpha value is -3.17. The summed E-state index contributed by atoms with van der Waals surface area (Å²) in [7, 11) is 1.63. The highest BCUT2D eigenvalue weighted by Crippen LogP contribution is 2.16. The predicted molar refractivity (Wildman–Crippen MR) is 120 cm³/mol. The van der Waals surface area contributed by atoms with E-state index in [2.05, 4.69) is 35.9 Å². The number of nitrogens with one attached hydrogen (secondary N) is 3. The largest absolute Gasteiger partial charge is 0.383 e. The van der Waals surface area contributed by atoms with Gasteiger partial charge in [-0.1, -0.05) is 18.2 Å². The first-order valence-electron chi connectivity index (χ1n) is 9.10. The lowest BCUT2D eigenvalue weighted by atomic mass is 10.2. The van der Waals surface area contributed by atoms with E-state index in [1.54, 1.807) is 13.3 Å². The number of methoxy groups -OCH3 is 1. The molecule has 29 heavy (non-hydrogen) atoms. The molecule has 0 aliphatic heterocycles. The van der Waals surface area contributed by atoms with E-state index in [-0.39, 0.29) is 0 Å². The Morgan fingerprint density at radius 1 is 1.10 bits per heavy atom. The van der Waals surface area contributed by atoms with E-state index in [9.17, 15) is 0 Å². The normalized spacial score (nSPS) is 11.3. The number of hydrogen-bond donors (Lipinski definition) is 3. The molecule has 3 aromatic rings. The molecule has 2 aromatic heterocycles. The minimum atomic E-state index is 0.315. The Morgan fingerprint density at radius 3 is 2.62 bits per heavy atom. The molecule has 0 unspecified atom stereocenters. The van der Waals surface area contributed by atoms with Crippen molar-refractivity contribution in [1.82, 2.24) is 20.3 Å². The van der Waals surface area contributed by atoms with Gasteiger partial charge in [0, 0.05) is 30.4 Å². The van der Waals surface area contributed by atoms with E-state index in [4.69, 9.17) is 17.0 Å². The maximum atomic E-state index is 5.31. The molecule has 0 fully saturated rings. The Labute approximate surface area is 174 Å². The number of ether oxygens (including phenoxy) is 1. The number of guanidine groups is 1. The van der Waals surface area contributed by atoms with Crippen molar-refractivity contribution in [3.8, 4) is 0 Å². The van der Waals surface area contributed by atoms with E-state index < -0.39 is 0 Å². The summed E-state index contributed by atoms with van der Waals surface area (Å²) in [6.45, 7) is 4.91. The van der Waals surface area contributed by atoms with E-state index >= 15 is 0 Å². The molecule has 0 spiro atoms. The van der Waals surface area contributed by atoms with E-state index in [0.29, 0.717) is 30.2 Å². The van der Waals surface area contributed by atoms with Crippen LogP contribution in [0.25, 0.3) is 10.9 Å². The number of rotatable bonds is 5. The number of fused-ring (bicyclic) bond motifs is 1. The average Bonchev–Trinajstić information content (AvgIpc) is 2.67. The fraction of sp³-hybridized carbons (Fsp3) is 0.250. The molecule has 8 nitrogen and oxygen atoms in total. The van der Waals surface area contributed by atoms with Crippen molar-refractivity contribution < 1.29 is 4.74 Å². The van der Waals surface area contributed by atoms with Crippen molar-refractivity contribution in [3.63, 3.8) is 0 Å². The van der Waals surface area contributed by atoms with Gasteiger partial charge in [0.05, 0.1) is 24.0 Å². The second kappa shape index (κ2) is 9.85. The molecule has 150 valence electrons. The van der Waals surface area contributed by atoms with Gasteiger partial charge in [0.25, 0.3) is 0 Å². The van der Waals surface area contributed by atoms with Gasteiger partial charge in [0.2, 0.25) is 11.9 Å². The molecule has 0 atom stereocenters. The van der Waals surface area contributed by atoms with E-state index in [1.165, 1.54) is 0 Å². The highest BCUT2D eigenvalue weighted by Gasteiger charge is 2.08. The summed E-state index contributed by atoms with van der Waals surface area (Å²) in [4.78, 5) is 17.7. The summed E-state index contributed by atoms with van der Waals surface area (Å²) in [5.41, 5.74) is 3.39. The van der Waals surface area contributed by atoms with Gasteiger partial charge in [-0.15, -0.1) is 0 Å². The van der Waals surface area contributed by atoms with Crippen LogP contribution in [0, 0.1) is 13.8 Å². The maximum Gasteiger partial charge on any atom is 0.229 e. The van der Waals surface area contributed by atoms with Crippen LogP contribution in [0.4, 0.5) is 11.6 Å². The summed E-state index contributed by atoms with van der Waals surface area (Å²) < 4.78 is 5.03. The molecular weight excluding hydrogens is 386 g/mol. The molecular formula is C20H23N7OS. The Kier molecular flexibility index (Phi) is 6.99. The molecule has 0 amide bonds. The van der Waals surface area contributed by atoms with E-state index in [1.807, 2.05) is 50.2 Å². The van der Waals surface area contributed by atoms with Crippen LogP contribution >= 0.6 is 12.2 Å². The van der Waals surface area contributed by atoms with Crippen LogP contribution in [-0.4, -0.2) is 46.3 Å². The first-order valence-corrected chi connectivity index (χ1v) is 9.51. The lowest BCUT2D eigenvalue weighted by molar-refractivity contribution is 0.204. The van der Waals surface area contributed by atoms with Crippen LogP contribution in [0.1, 0.15) is 11.4 Å². The summed E-state index contributed by atoms with van der Waals surface area (Å²) >= 11 is 5.31. The smallest absolute Gasteiger partial charge is 0.229 e. The van der Waals surface area contributed by atoms with Gasteiger partial charge in [-0.25, -0.2) is 9.97 Å². The van der Waals surface area contributed by atoms with Gasteiger partial charge < -0.3 is 15.4 Å². The van der Waals surface area contributed by atoms with Crippen LogP contribution in [0.3, 0.4) is 0 Å². The fourth-order valence-electron chi connectivity index (χ4n) is 2.65. The number of para-hydroxylation sites is 1. The van der Waals surface area contributed by atoms with Crippen molar-refractivity contribution in [2.24, 2.45) is 4.99 Å². The number of hydrogen-bond acceptors (Lipinski definition) is 5. The standard InChI is InChI=1S/C20H23N7OS/c1-13-10-14(2)24-18(23-13)26-19(27-20(29)21-8-9-28-3)25-16-11-15-6-4-5-7-17(15)22-12-16/h4-7,10-12H,8-9H2,1-3H3,(H3,21,23,24,25,26,27,29). The fourth-order valence-corrected chi connectivity index (χ4v) is 2.85. The number of anilines is 2. The van der Waals surface area contributed by atoms with Crippen LogP contribution in [0.2, 0.25) is 0 Å². The van der Waals surface area contributed by atoms with Crippen LogP contribution in [0.5, 0.6) is 0 Å². The van der Waals surface area contributed by atoms with Crippen molar-refractivity contribution >= 4 is 45.8 Å². The van der Waals surface area contributed by atoms with Crippen LogP contribution < -0.4 is 16.0 Å². The van der Waals surface area contributed by atoms with Gasteiger partial charge >= 0.3 is 0 Å². The quantitative estimate of drug-likeness (QED) is 0.256. The van der Waals surface area contributed by atoms with Crippen LogP contribution in [0.15, 0.2) is 47.6 Å². The lowest BCUT2D eigenvalue weighted by Gasteiger charge is -2.13. The molecule has 3 rings (SSSR count). The second-order valence-corrected chi connectivity index (χ2v) is 6.71. The SMILES string of the molecule is COCCNC(=S)/N=C(/Nc1cnc2ccccc2c1)Nc1nc(C)cc(C)n1. The van der Waals surface area contributed by atoms with Crippen molar-refractivity contribution in [1.29, 1.82) is 0 Å². The molecule has 0 aliphatic carbocycles. The number of aliphatic imine (C=N–C) groups is 1. The van der Waals surface area contributed by atoms with Gasteiger partial charge in [-0.05, 0) is 44.3 Å². The van der Waals surface area contributed by atoms with Crippen LogP contribution in [-0.2, 0) is 4.74 Å². The third-order valence-electron chi connectivity index (χ3n) is 3.86. The van der Waals surface area contributed by atoms with Gasteiger partial charge in [0.15, 0.2) is 5.11 Å². The maximum absolute atomic E-state index is 5.31. The average molecular weight is 410 g/mol. The van der Waals surface area contributed by atoms with Gasteiger partial charge in [0.1, 0.15) is 0 Å². The summed E-state index contributed by atoms with van der Waals surface area (Å²) in [6.07, 6.45) is 1.74. The van der Waals surface area contributed by atoms with Gasteiger partial charge in [-0.3, -0.25) is 10.3 Å². The van der Waals surface area contributed by atoms with Crippen molar-refractivity contribution in [2.75, 3.05) is 30.9 Å². The van der Waals surface area contributed by atoms with Crippen molar-refractivity contribution in [3.05, 3.63) is 54.0 Å². The first kappa shape index (κ1) is 20.6. The monoisotopic (exact) mass is 409 g/mol. The predicted octanol–water partition coefficient (Wildman–Crippen LogP) is 3.04. The number of nitrogens with zero attached hydrogens (tertiary/aromatic N) is 4. The minimum absolute atomic E-state index is 0.315. The third-order valence-corrected chi connectivity index (χ3v) is 4.10. The molecule has 3 N–H and O–H groups in total. The molecule has 0 radical (unpaired) electrons. The lowest BCUT2D eigenvalue weighted by Crippen LogP contribution is -2.30. The number of benzene rings is 1. The van der Waals surface area contributed by atoms with E-state index in [0.717, 1.165) is 28.0 Å². The number of thiocarbonyl (C=S) groups is 1. The molecule has 0 saturated heterocycles. The Bertz CT molecular complexity index is 1020. The Morgan fingerprint density at radius 2 is 1.86 bits per heavy atom. The molecule has 0 saturated carbocycles. The van der Waals surface area contributed by atoms with Crippen molar-refractivity contribution in [2.45, 2.75) is 13.8 Å². The molecule has 1 aromatic carbocycles. The molecule has 0 aliphatic rings. The first-order chi connectivity index (χ1) is 14.0. The number of aryl methyl sites for hydroxylation is 2. The number of aromatic nitrogens is 3. The van der Waals surface area contributed by atoms with Gasteiger partial charge in [-0.2, -0.15) is 4.99 Å². The second-order valence-electron chi connectivity index (χ2n) is 6.33. The number of pyridine rings is 1. The Balaban J connectivity index is 1.85. The zero-order valence-corrected chi connectivity index (χ0v) is 17.4. The molecule has 2 heterocycles. The highest BCUT2D eigenvalue weighted by atomic mass is 32.1. The molecule has 9 heteroatoms. The zero-order chi connectivity index (χ0) is 20.6. The minimum Gasteiger partial charge on any atom is -0.383 e. The molecule has 0 bridgehead atoms.